The number of pyridine rings is 2. The van der Waals surface area contributed by atoms with Gasteiger partial charge >= 0.3 is 0 Å². The molecule has 0 bridgehead atoms. The molecule has 10 rings (SSSR count). The molecule has 2 atom stereocenters. The van der Waals surface area contributed by atoms with Crippen molar-refractivity contribution < 1.29 is 0 Å². The number of para-hydroxylation sites is 2. The summed E-state index contributed by atoms with van der Waals surface area (Å²) < 4.78 is 2.29. The zero-order chi connectivity index (χ0) is 33.0. The van der Waals surface area contributed by atoms with Crippen molar-refractivity contribution in [3.05, 3.63) is 169 Å². The van der Waals surface area contributed by atoms with Crippen LogP contribution in [0, 0.1) is 0 Å². The summed E-state index contributed by atoms with van der Waals surface area (Å²) in [7, 11) is 0. The lowest BCUT2D eigenvalue weighted by Crippen LogP contribution is -2.32. The molecule has 3 aliphatic rings. The molecule has 3 aliphatic heterocycles. The molecule has 3 aromatic heterocycles. The molecule has 0 saturated carbocycles. The van der Waals surface area contributed by atoms with Gasteiger partial charge < -0.3 is 9.47 Å². The van der Waals surface area contributed by atoms with Crippen molar-refractivity contribution >= 4 is 50.8 Å². The quantitative estimate of drug-likeness (QED) is 0.187. The van der Waals surface area contributed by atoms with Crippen LogP contribution < -0.4 is 4.90 Å². The third kappa shape index (κ3) is 4.64. The molecule has 50 heavy (non-hydrogen) atoms. The topological polar surface area (TPSA) is 58.7 Å². The monoisotopic (exact) mass is 644 g/mol. The van der Waals surface area contributed by atoms with E-state index in [0.717, 1.165) is 63.7 Å². The molecule has 6 nitrogen and oxygen atoms in total. The zero-order valence-corrected chi connectivity index (χ0v) is 27.3. The Hall–Kier alpha value is -6.40. The maximum Gasteiger partial charge on any atom is 0.0852 e. The highest BCUT2D eigenvalue weighted by Crippen LogP contribution is 2.46. The Bertz CT molecular complexity index is 2500. The van der Waals surface area contributed by atoms with E-state index in [1.807, 2.05) is 18.6 Å². The van der Waals surface area contributed by atoms with Crippen molar-refractivity contribution in [2.45, 2.75) is 24.8 Å². The summed E-state index contributed by atoms with van der Waals surface area (Å²) in [4.78, 5) is 21.6. The van der Waals surface area contributed by atoms with Crippen LogP contribution in [0.25, 0.3) is 44.4 Å². The Balaban J connectivity index is 0.922. The van der Waals surface area contributed by atoms with Gasteiger partial charge in [-0.3, -0.25) is 15.0 Å². The standard InChI is InChI=1S/C44H32N6/c1-3-13-41-33(7-1)35-23-25-45-27-43(35)49(41)31-19-15-29(16-20-31)37-9-5-11-39(47-37)40-12-6-10-38(48-40)30-17-21-32(22-18-30)50-42-14-4-2-8-34(42)36-24-26-46-28-44(36)50/h1-5,7-11,13-28,35,43H,6,12H2. The second-order valence-corrected chi connectivity index (χ2v) is 13.0. The Morgan fingerprint density at radius 3 is 2.36 bits per heavy atom. The van der Waals surface area contributed by atoms with Gasteiger partial charge in [0.05, 0.1) is 46.1 Å². The predicted octanol–water partition coefficient (Wildman–Crippen LogP) is 10.1. The molecular formula is C44H32N6. The van der Waals surface area contributed by atoms with E-state index in [4.69, 9.17) is 9.98 Å². The lowest BCUT2D eigenvalue weighted by Gasteiger charge is -2.28. The third-order valence-corrected chi connectivity index (χ3v) is 10.2. The Labute approximate surface area is 290 Å². The van der Waals surface area contributed by atoms with E-state index in [-0.39, 0.29) is 6.04 Å². The minimum absolute atomic E-state index is 0.179. The van der Waals surface area contributed by atoms with Crippen LogP contribution in [0.15, 0.2) is 162 Å². The molecule has 0 saturated heterocycles. The second-order valence-electron chi connectivity index (χ2n) is 13.0. The summed E-state index contributed by atoms with van der Waals surface area (Å²) in [6.07, 6.45) is 14.0. The summed E-state index contributed by atoms with van der Waals surface area (Å²) in [6, 6.07) is 43.2. The number of benzene rings is 4. The fourth-order valence-electron chi connectivity index (χ4n) is 7.85. The van der Waals surface area contributed by atoms with E-state index in [9.17, 15) is 0 Å². The molecule has 0 amide bonds. The van der Waals surface area contributed by atoms with Gasteiger partial charge in [-0.15, -0.1) is 0 Å². The first kappa shape index (κ1) is 28.6. The normalized spacial score (nSPS) is 17.9. The van der Waals surface area contributed by atoms with Crippen LogP contribution in [-0.2, 0) is 0 Å². The van der Waals surface area contributed by atoms with E-state index in [1.165, 1.54) is 27.5 Å². The van der Waals surface area contributed by atoms with Gasteiger partial charge in [-0.2, -0.15) is 0 Å². The van der Waals surface area contributed by atoms with Crippen LogP contribution >= 0.6 is 0 Å². The third-order valence-electron chi connectivity index (χ3n) is 10.2. The van der Waals surface area contributed by atoms with Crippen LogP contribution in [0.4, 0.5) is 11.4 Å². The number of allylic oxidation sites excluding steroid dienone is 1. The van der Waals surface area contributed by atoms with Gasteiger partial charge in [0.1, 0.15) is 0 Å². The summed E-state index contributed by atoms with van der Waals surface area (Å²) in [5.74, 6) is 0.312. The van der Waals surface area contributed by atoms with E-state index in [2.05, 4.69) is 159 Å². The van der Waals surface area contributed by atoms with Gasteiger partial charge in [0.15, 0.2) is 0 Å². The molecule has 0 spiro atoms. The van der Waals surface area contributed by atoms with Crippen molar-refractivity contribution in [2.24, 2.45) is 9.98 Å². The lowest BCUT2D eigenvalue weighted by molar-refractivity contribution is 0.787. The molecule has 238 valence electrons. The highest BCUT2D eigenvalue weighted by atomic mass is 15.2. The largest absolute Gasteiger partial charge is 0.332 e. The van der Waals surface area contributed by atoms with Crippen molar-refractivity contribution in [2.75, 3.05) is 4.90 Å². The Morgan fingerprint density at radius 2 is 1.44 bits per heavy atom. The van der Waals surface area contributed by atoms with Crippen molar-refractivity contribution in [3.8, 4) is 16.9 Å². The number of aromatic nitrogens is 3. The highest BCUT2D eigenvalue weighted by Gasteiger charge is 2.37. The van der Waals surface area contributed by atoms with Gasteiger partial charge in [-0.25, -0.2) is 4.98 Å². The highest BCUT2D eigenvalue weighted by molar-refractivity contribution is 6.09. The Kier molecular flexibility index (Phi) is 6.65. The number of aliphatic imine (C=N–C) groups is 2. The number of rotatable bonds is 5. The number of anilines is 2. The molecule has 0 aliphatic carbocycles. The minimum Gasteiger partial charge on any atom is -0.332 e. The molecule has 0 N–H and O–H groups in total. The van der Waals surface area contributed by atoms with Gasteiger partial charge in [0.25, 0.3) is 0 Å². The van der Waals surface area contributed by atoms with Crippen LogP contribution in [-0.4, -0.2) is 32.5 Å². The molecule has 0 radical (unpaired) electrons. The van der Waals surface area contributed by atoms with Crippen molar-refractivity contribution in [1.82, 2.24) is 14.5 Å². The zero-order valence-electron chi connectivity index (χ0n) is 27.3. The van der Waals surface area contributed by atoms with E-state index < -0.39 is 0 Å². The molecule has 6 heteroatoms. The van der Waals surface area contributed by atoms with Gasteiger partial charge in [0.2, 0.25) is 0 Å². The van der Waals surface area contributed by atoms with Gasteiger partial charge in [-0.05, 0) is 78.6 Å². The summed E-state index contributed by atoms with van der Waals surface area (Å²) >= 11 is 0. The molecular weight excluding hydrogens is 613 g/mol. The predicted molar refractivity (Wildman–Crippen MR) is 205 cm³/mol. The second kappa shape index (κ2) is 11.6. The first-order valence-electron chi connectivity index (χ1n) is 17.2. The van der Waals surface area contributed by atoms with E-state index in [0.29, 0.717) is 5.92 Å². The first-order valence-corrected chi connectivity index (χ1v) is 17.2. The van der Waals surface area contributed by atoms with Crippen LogP contribution in [0.5, 0.6) is 0 Å². The molecule has 0 fully saturated rings. The average Bonchev–Trinajstić information content (AvgIpc) is 3.71. The van der Waals surface area contributed by atoms with Crippen molar-refractivity contribution in [1.29, 1.82) is 0 Å². The van der Waals surface area contributed by atoms with E-state index in [1.54, 1.807) is 0 Å². The Morgan fingerprint density at radius 1 is 0.660 bits per heavy atom. The number of fused-ring (bicyclic) bond motifs is 6. The fourth-order valence-corrected chi connectivity index (χ4v) is 7.85. The van der Waals surface area contributed by atoms with Crippen LogP contribution in [0.1, 0.15) is 35.6 Å². The van der Waals surface area contributed by atoms with Crippen LogP contribution in [0.3, 0.4) is 0 Å². The maximum atomic E-state index is 5.15. The van der Waals surface area contributed by atoms with Gasteiger partial charge in [0, 0.05) is 57.9 Å². The summed E-state index contributed by atoms with van der Waals surface area (Å²) in [5.41, 5.74) is 13.2. The van der Waals surface area contributed by atoms with Gasteiger partial charge in [-0.1, -0.05) is 78.9 Å². The maximum absolute atomic E-state index is 5.15. The van der Waals surface area contributed by atoms with Crippen LogP contribution in [0.2, 0.25) is 0 Å². The first-order chi connectivity index (χ1) is 24.8. The molecule has 2 unspecified atom stereocenters. The molecule has 7 aromatic rings. The number of hydrogen-bond acceptors (Lipinski definition) is 5. The average molecular weight is 645 g/mol. The lowest BCUT2D eigenvalue weighted by atomic mass is 9.94. The molecule has 6 heterocycles. The molecule has 4 aromatic carbocycles. The summed E-state index contributed by atoms with van der Waals surface area (Å²) in [6.45, 7) is 0. The van der Waals surface area contributed by atoms with E-state index >= 15 is 0 Å². The number of nitrogens with zero attached hydrogens (tertiary/aromatic N) is 6. The fraction of sp³-hybridized carbons (Fsp3) is 0.0909. The smallest absolute Gasteiger partial charge is 0.0852 e. The SMILES string of the molecule is C1=CC2c3ccccc3N(c3ccc(-c4cccc(C5=NC(c6ccc(-n7c8ccccc8c8ccncc87)cc6)=CCC5)n4)cc3)C2C=N1. The summed E-state index contributed by atoms with van der Waals surface area (Å²) in [5, 5.41) is 2.43. The van der Waals surface area contributed by atoms with Crippen molar-refractivity contribution in [3.63, 3.8) is 0 Å². The minimum atomic E-state index is 0.179. The number of hydrogen-bond donors (Lipinski definition) is 0.